The van der Waals surface area contributed by atoms with E-state index in [-0.39, 0.29) is 5.92 Å². The summed E-state index contributed by atoms with van der Waals surface area (Å²) in [6, 6.07) is 0. The molecule has 0 fully saturated rings. The molecule has 0 aromatic carbocycles. The molecule has 2 unspecified atom stereocenters. The Hall–Kier alpha value is -1.03. The predicted molar refractivity (Wildman–Crippen MR) is 57.7 cm³/mol. The van der Waals surface area contributed by atoms with Crippen LogP contribution >= 0.6 is 0 Å². The Balaban J connectivity index is 2.36. The second-order valence-electron chi connectivity index (χ2n) is 4.04. The molecule has 1 heterocycles. The second-order valence-corrected chi connectivity index (χ2v) is 4.04. The fourth-order valence-corrected chi connectivity index (χ4v) is 2.13. The van der Waals surface area contributed by atoms with E-state index in [1.54, 1.807) is 6.20 Å². The number of aliphatic hydroxyl groups excluding tert-OH is 1. The third kappa shape index (κ3) is 2.15. The summed E-state index contributed by atoms with van der Waals surface area (Å²) in [5.74, 6) is 1.59. The molecular weight excluding hydrogens is 189 g/mol. The number of carbonyl (C=O) groups excluding carboxylic acids is 1. The van der Waals surface area contributed by atoms with Crippen molar-refractivity contribution in [3.8, 4) is 0 Å². The number of hydrogen-bond acceptors (Lipinski definition) is 3. The number of aldehydes is 1. The molecule has 1 aromatic heterocycles. The molecule has 0 saturated carbocycles. The van der Waals surface area contributed by atoms with E-state index in [0.29, 0.717) is 5.69 Å². The van der Waals surface area contributed by atoms with Crippen LogP contribution in [-0.4, -0.2) is 23.3 Å². The molecule has 2 atom stereocenters. The van der Waals surface area contributed by atoms with Crippen molar-refractivity contribution in [2.24, 2.45) is 5.92 Å². The van der Waals surface area contributed by atoms with E-state index >= 15 is 0 Å². The Kier molecular flexibility index (Phi) is 3.26. The van der Waals surface area contributed by atoms with Crippen LogP contribution in [0.5, 0.6) is 0 Å². The van der Waals surface area contributed by atoms with Gasteiger partial charge in [-0.2, -0.15) is 0 Å². The number of aromatic nitrogens is 1. The van der Waals surface area contributed by atoms with Crippen LogP contribution < -0.4 is 0 Å². The molecule has 4 heteroatoms. The van der Waals surface area contributed by atoms with Crippen molar-refractivity contribution in [2.75, 3.05) is 0 Å². The molecule has 0 saturated heterocycles. The van der Waals surface area contributed by atoms with Crippen molar-refractivity contribution in [3.63, 3.8) is 0 Å². The summed E-state index contributed by atoms with van der Waals surface area (Å²) in [6.45, 7) is 1.98. The fourth-order valence-electron chi connectivity index (χ4n) is 2.13. The van der Waals surface area contributed by atoms with Gasteiger partial charge in [0.1, 0.15) is 0 Å². The molecular formula is C11H14BNO2. The molecule has 78 valence electrons. The van der Waals surface area contributed by atoms with Gasteiger partial charge in [-0.3, -0.25) is 0 Å². The maximum absolute atomic E-state index is 10.9. The zero-order valence-corrected chi connectivity index (χ0v) is 8.60. The van der Waals surface area contributed by atoms with E-state index in [4.69, 9.17) is 0 Å². The van der Waals surface area contributed by atoms with Crippen molar-refractivity contribution in [2.45, 2.75) is 31.8 Å². The Morgan fingerprint density at radius 2 is 2.40 bits per heavy atom. The van der Waals surface area contributed by atoms with Gasteiger partial charge in [-0.1, -0.05) is 0 Å². The van der Waals surface area contributed by atoms with Gasteiger partial charge in [0, 0.05) is 0 Å². The van der Waals surface area contributed by atoms with E-state index < -0.39 is 6.10 Å². The molecule has 3 nitrogen and oxygen atoms in total. The summed E-state index contributed by atoms with van der Waals surface area (Å²) in [7, 11) is 0. The first-order valence-electron chi connectivity index (χ1n) is 5.40. The van der Waals surface area contributed by atoms with Crippen LogP contribution in [0.1, 0.15) is 36.5 Å². The third-order valence-electron chi connectivity index (χ3n) is 3.02. The topological polar surface area (TPSA) is 50.2 Å². The van der Waals surface area contributed by atoms with Crippen molar-refractivity contribution in [1.82, 2.24) is 4.98 Å². The van der Waals surface area contributed by atoms with E-state index in [9.17, 15) is 9.90 Å². The molecule has 0 radical (unpaired) electrons. The Labute approximate surface area is 89.8 Å². The maximum atomic E-state index is 10.9. The number of fused-ring (bicyclic) bond motifs is 1. The standard InChI is InChI=1S/C11H14BNO2/c14-7-8-3-1-2-4-9-10(11(8)15)13-6-5-12-9/h5-8,11,15H,1-4H2. The van der Waals surface area contributed by atoms with Crippen LogP contribution in [0, 0.1) is 5.92 Å². The summed E-state index contributed by atoms with van der Waals surface area (Å²) < 4.78 is 0. The average molecular weight is 203 g/mol. The summed E-state index contributed by atoms with van der Waals surface area (Å²) >= 11 is 0. The van der Waals surface area contributed by atoms with Gasteiger partial charge in [-0.25, -0.2) is 0 Å². The SMILES string of the molecule is O=CC1CCCCc2bccnc2C1O. The Bertz CT molecular complexity index is 356. The average Bonchev–Trinajstić information content (AvgIpc) is 2.27. The fraction of sp³-hybridized carbons (Fsp3) is 0.545. The van der Waals surface area contributed by atoms with Crippen molar-refractivity contribution in [1.29, 1.82) is 0 Å². The van der Waals surface area contributed by atoms with Gasteiger partial charge < -0.3 is 0 Å². The zero-order chi connectivity index (χ0) is 10.7. The summed E-state index contributed by atoms with van der Waals surface area (Å²) in [6.07, 6.45) is 5.58. The number of rotatable bonds is 1. The number of carbonyl (C=O) groups is 1. The van der Waals surface area contributed by atoms with Gasteiger partial charge in [0.25, 0.3) is 0 Å². The normalized spacial score (nSPS) is 25.9. The molecule has 15 heavy (non-hydrogen) atoms. The van der Waals surface area contributed by atoms with Crippen LogP contribution in [0.3, 0.4) is 0 Å². The molecule has 1 aliphatic carbocycles. The molecule has 1 aliphatic rings. The number of aryl methyl sites for hydroxylation is 1. The van der Waals surface area contributed by atoms with E-state index in [1.165, 1.54) is 0 Å². The summed E-state index contributed by atoms with van der Waals surface area (Å²) in [5, 5.41) is 10.0. The van der Waals surface area contributed by atoms with E-state index in [0.717, 1.165) is 37.4 Å². The van der Waals surface area contributed by atoms with Crippen molar-refractivity contribution < 1.29 is 9.90 Å². The number of nitrogens with zero attached hydrogens (tertiary/aromatic N) is 1. The molecule has 0 amide bonds. The second kappa shape index (κ2) is 4.66. The van der Waals surface area contributed by atoms with Gasteiger partial charge in [-0.15, -0.1) is 0 Å². The van der Waals surface area contributed by atoms with E-state index in [2.05, 4.69) is 4.98 Å². The van der Waals surface area contributed by atoms with Crippen LogP contribution in [0.2, 0.25) is 0 Å². The van der Waals surface area contributed by atoms with E-state index in [1.807, 2.05) is 12.9 Å². The first-order valence-corrected chi connectivity index (χ1v) is 5.40. The third-order valence-corrected chi connectivity index (χ3v) is 3.02. The minimum absolute atomic E-state index is 0.293. The molecule has 1 N–H and O–H groups in total. The van der Waals surface area contributed by atoms with Crippen LogP contribution in [0.15, 0.2) is 12.2 Å². The van der Waals surface area contributed by atoms with Crippen LogP contribution in [0.25, 0.3) is 0 Å². The minimum atomic E-state index is -0.723. The summed E-state index contributed by atoms with van der Waals surface area (Å²) in [4.78, 5) is 15.0. The van der Waals surface area contributed by atoms with Gasteiger partial charge in [-0.05, 0) is 0 Å². The Morgan fingerprint density at radius 3 is 3.20 bits per heavy atom. The zero-order valence-electron chi connectivity index (χ0n) is 8.60. The molecule has 1 aromatic rings. The van der Waals surface area contributed by atoms with Gasteiger partial charge >= 0.3 is 89.1 Å². The molecule has 0 spiro atoms. The number of hydrogen-bond donors (Lipinski definition) is 1. The number of aliphatic hydroxyl groups is 1. The monoisotopic (exact) mass is 203 g/mol. The molecule has 0 aliphatic heterocycles. The molecule has 2 rings (SSSR count). The van der Waals surface area contributed by atoms with Crippen molar-refractivity contribution >= 4 is 13.2 Å². The van der Waals surface area contributed by atoms with Crippen LogP contribution in [0.4, 0.5) is 0 Å². The van der Waals surface area contributed by atoms with Gasteiger partial charge in [0.2, 0.25) is 0 Å². The van der Waals surface area contributed by atoms with Gasteiger partial charge in [0.05, 0.1) is 0 Å². The first kappa shape index (κ1) is 10.5. The quantitative estimate of drug-likeness (QED) is 0.692. The summed E-state index contributed by atoms with van der Waals surface area (Å²) in [5.41, 5.74) is 1.77. The predicted octanol–water partition coefficient (Wildman–Crippen LogP) is 0.995. The molecule has 0 bridgehead atoms. The Morgan fingerprint density at radius 1 is 1.53 bits per heavy atom. The first-order chi connectivity index (χ1) is 7.33. The van der Waals surface area contributed by atoms with Crippen molar-refractivity contribution in [3.05, 3.63) is 23.3 Å². The van der Waals surface area contributed by atoms with Crippen LogP contribution in [-0.2, 0) is 11.2 Å². The van der Waals surface area contributed by atoms with Gasteiger partial charge in [0.15, 0.2) is 0 Å².